The summed E-state index contributed by atoms with van der Waals surface area (Å²) < 4.78 is 6.07. The number of para-hydroxylation sites is 2. The number of nitrogens with zero attached hydrogens (tertiary/aromatic N) is 2. The lowest BCUT2D eigenvalue weighted by atomic mass is 9.89. The van der Waals surface area contributed by atoms with Crippen LogP contribution in [0.25, 0.3) is 55.9 Å². The normalized spacial score (nSPS) is 11.1. The van der Waals surface area contributed by atoms with Crippen molar-refractivity contribution in [1.82, 2.24) is 4.98 Å². The van der Waals surface area contributed by atoms with E-state index in [0.717, 1.165) is 39.3 Å². The van der Waals surface area contributed by atoms with Gasteiger partial charge in [-0.1, -0.05) is 115 Å². The predicted molar refractivity (Wildman–Crippen MR) is 195 cm³/mol. The SMILES string of the molecule is Cc1ccc2oc(-c3ccc(-c4ccccc4-c4ccccc4-c4ccc(N(c5ccccc5)c5ccccc5)cc4)cc3)nc2c1. The van der Waals surface area contributed by atoms with E-state index in [1.807, 2.05) is 12.1 Å². The largest absolute Gasteiger partial charge is 0.436 e. The molecule has 8 aromatic rings. The summed E-state index contributed by atoms with van der Waals surface area (Å²) in [7, 11) is 0. The molecule has 0 unspecified atom stereocenters. The van der Waals surface area contributed by atoms with Crippen LogP contribution >= 0.6 is 0 Å². The first-order valence-corrected chi connectivity index (χ1v) is 15.9. The number of hydrogen-bond acceptors (Lipinski definition) is 3. The highest BCUT2D eigenvalue weighted by atomic mass is 16.3. The second kappa shape index (κ2) is 12.3. The zero-order valence-corrected chi connectivity index (χ0v) is 26.0. The average molecular weight is 605 g/mol. The topological polar surface area (TPSA) is 29.3 Å². The summed E-state index contributed by atoms with van der Waals surface area (Å²) >= 11 is 0. The van der Waals surface area contributed by atoms with Gasteiger partial charge < -0.3 is 9.32 Å². The molecule has 7 aromatic carbocycles. The van der Waals surface area contributed by atoms with Crippen LogP contribution in [0.1, 0.15) is 5.56 Å². The van der Waals surface area contributed by atoms with Gasteiger partial charge in [-0.25, -0.2) is 4.98 Å². The lowest BCUT2D eigenvalue weighted by Gasteiger charge is -2.25. The van der Waals surface area contributed by atoms with Gasteiger partial charge in [0.15, 0.2) is 5.58 Å². The van der Waals surface area contributed by atoms with Gasteiger partial charge in [-0.05, 0) is 107 Å². The molecule has 0 aliphatic carbocycles. The minimum atomic E-state index is 0.636. The Hall–Kier alpha value is -6.19. The molecule has 0 fully saturated rings. The Morgan fingerprint density at radius 1 is 0.426 bits per heavy atom. The molecule has 3 heteroatoms. The molecule has 0 aliphatic heterocycles. The lowest BCUT2D eigenvalue weighted by molar-refractivity contribution is 0.620. The van der Waals surface area contributed by atoms with E-state index in [0.29, 0.717) is 5.89 Å². The summed E-state index contributed by atoms with van der Waals surface area (Å²) in [5, 5.41) is 0. The number of hydrogen-bond donors (Lipinski definition) is 0. The first kappa shape index (κ1) is 28.3. The molecule has 0 radical (unpaired) electrons. The summed E-state index contributed by atoms with van der Waals surface area (Å²) in [5.74, 6) is 0.636. The number of aryl methyl sites for hydroxylation is 1. The van der Waals surface area contributed by atoms with E-state index in [-0.39, 0.29) is 0 Å². The molecule has 0 atom stereocenters. The third-order valence-electron chi connectivity index (χ3n) is 8.60. The van der Waals surface area contributed by atoms with Gasteiger partial charge in [0.25, 0.3) is 0 Å². The van der Waals surface area contributed by atoms with Gasteiger partial charge in [-0.3, -0.25) is 0 Å². The second-order valence-corrected chi connectivity index (χ2v) is 11.7. The molecule has 8 rings (SSSR count). The van der Waals surface area contributed by atoms with E-state index >= 15 is 0 Å². The van der Waals surface area contributed by atoms with Crippen LogP contribution in [0, 0.1) is 6.92 Å². The van der Waals surface area contributed by atoms with E-state index in [2.05, 4.69) is 176 Å². The minimum Gasteiger partial charge on any atom is -0.436 e. The van der Waals surface area contributed by atoms with Crippen LogP contribution in [0.15, 0.2) is 180 Å². The maximum Gasteiger partial charge on any atom is 0.227 e. The molecule has 0 aliphatic rings. The van der Waals surface area contributed by atoms with Gasteiger partial charge in [0.1, 0.15) is 5.52 Å². The highest BCUT2D eigenvalue weighted by Gasteiger charge is 2.16. The Bertz CT molecular complexity index is 2250. The van der Waals surface area contributed by atoms with Crippen molar-refractivity contribution in [3.8, 4) is 44.8 Å². The molecular formula is C44H32N2O. The van der Waals surface area contributed by atoms with Crippen molar-refractivity contribution in [1.29, 1.82) is 0 Å². The van der Waals surface area contributed by atoms with Gasteiger partial charge in [0.05, 0.1) is 0 Å². The van der Waals surface area contributed by atoms with Crippen molar-refractivity contribution in [2.75, 3.05) is 4.90 Å². The summed E-state index contributed by atoms with van der Waals surface area (Å²) in [6.45, 7) is 2.07. The Labute approximate surface area is 275 Å². The first-order chi connectivity index (χ1) is 23.2. The highest BCUT2D eigenvalue weighted by Crippen LogP contribution is 2.40. The van der Waals surface area contributed by atoms with E-state index in [1.54, 1.807) is 0 Å². The van der Waals surface area contributed by atoms with Gasteiger partial charge in [0, 0.05) is 22.6 Å². The number of aromatic nitrogens is 1. The molecule has 0 spiro atoms. The van der Waals surface area contributed by atoms with Crippen molar-refractivity contribution in [3.05, 3.63) is 181 Å². The van der Waals surface area contributed by atoms with E-state index < -0.39 is 0 Å². The van der Waals surface area contributed by atoms with Crippen LogP contribution in [0.3, 0.4) is 0 Å². The first-order valence-electron chi connectivity index (χ1n) is 15.9. The molecule has 47 heavy (non-hydrogen) atoms. The van der Waals surface area contributed by atoms with Crippen LogP contribution in [-0.4, -0.2) is 4.98 Å². The molecule has 1 aromatic heterocycles. The number of rotatable bonds is 7. The van der Waals surface area contributed by atoms with E-state index in [1.165, 1.54) is 33.4 Å². The maximum atomic E-state index is 6.07. The molecule has 3 nitrogen and oxygen atoms in total. The minimum absolute atomic E-state index is 0.636. The van der Waals surface area contributed by atoms with E-state index in [4.69, 9.17) is 9.40 Å². The van der Waals surface area contributed by atoms with Crippen LogP contribution in [-0.2, 0) is 0 Å². The smallest absolute Gasteiger partial charge is 0.227 e. The molecule has 0 N–H and O–H groups in total. The Balaban J connectivity index is 1.14. The molecule has 0 saturated carbocycles. The van der Waals surface area contributed by atoms with Gasteiger partial charge >= 0.3 is 0 Å². The fraction of sp³-hybridized carbons (Fsp3) is 0.0227. The number of anilines is 3. The third-order valence-corrected chi connectivity index (χ3v) is 8.60. The standard InChI is InChI=1S/C44H32N2O/c1-31-20-29-43-42(30-31)45-44(47-43)34-23-21-32(22-24-34)38-16-8-10-18-40(38)41-19-11-9-17-39(41)33-25-27-37(28-26-33)46(35-12-4-2-5-13-35)36-14-6-3-7-15-36/h2-30H,1H3. The summed E-state index contributed by atoms with van der Waals surface area (Å²) in [6.07, 6.45) is 0. The van der Waals surface area contributed by atoms with Gasteiger partial charge in [-0.15, -0.1) is 0 Å². The maximum absolute atomic E-state index is 6.07. The van der Waals surface area contributed by atoms with Crippen LogP contribution in [0.2, 0.25) is 0 Å². The quantitative estimate of drug-likeness (QED) is 0.181. The molecule has 0 saturated heterocycles. The summed E-state index contributed by atoms with van der Waals surface area (Å²) in [4.78, 5) is 7.03. The van der Waals surface area contributed by atoms with Gasteiger partial charge in [-0.2, -0.15) is 0 Å². The number of fused-ring (bicyclic) bond motifs is 1. The van der Waals surface area contributed by atoms with Crippen LogP contribution < -0.4 is 4.90 Å². The highest BCUT2D eigenvalue weighted by molar-refractivity contribution is 5.92. The third kappa shape index (κ3) is 5.60. The number of oxazole rings is 1. The van der Waals surface area contributed by atoms with Crippen molar-refractivity contribution >= 4 is 28.2 Å². The Morgan fingerprint density at radius 3 is 1.43 bits per heavy atom. The summed E-state index contributed by atoms with van der Waals surface area (Å²) in [6, 6.07) is 61.8. The van der Waals surface area contributed by atoms with Crippen LogP contribution in [0.4, 0.5) is 17.1 Å². The number of benzene rings is 7. The molecular weight excluding hydrogens is 572 g/mol. The van der Waals surface area contributed by atoms with Crippen molar-refractivity contribution in [2.24, 2.45) is 0 Å². The average Bonchev–Trinajstić information content (AvgIpc) is 3.56. The van der Waals surface area contributed by atoms with Crippen molar-refractivity contribution in [3.63, 3.8) is 0 Å². The summed E-state index contributed by atoms with van der Waals surface area (Å²) in [5.41, 5.74) is 14.2. The Morgan fingerprint density at radius 2 is 0.872 bits per heavy atom. The monoisotopic (exact) mass is 604 g/mol. The van der Waals surface area contributed by atoms with Crippen molar-refractivity contribution in [2.45, 2.75) is 6.92 Å². The Kier molecular flexibility index (Phi) is 7.41. The van der Waals surface area contributed by atoms with Gasteiger partial charge in [0.2, 0.25) is 5.89 Å². The molecule has 224 valence electrons. The zero-order chi connectivity index (χ0) is 31.6. The fourth-order valence-corrected chi connectivity index (χ4v) is 6.28. The van der Waals surface area contributed by atoms with E-state index in [9.17, 15) is 0 Å². The second-order valence-electron chi connectivity index (χ2n) is 11.7. The van der Waals surface area contributed by atoms with Crippen molar-refractivity contribution < 1.29 is 4.42 Å². The lowest BCUT2D eigenvalue weighted by Crippen LogP contribution is -2.09. The van der Waals surface area contributed by atoms with Crippen LogP contribution in [0.5, 0.6) is 0 Å². The zero-order valence-electron chi connectivity index (χ0n) is 26.0. The molecule has 1 heterocycles. The molecule has 0 amide bonds. The predicted octanol–water partition coefficient (Wildman–Crippen LogP) is 12.3. The fourth-order valence-electron chi connectivity index (χ4n) is 6.28. The molecule has 0 bridgehead atoms.